The Hall–Kier alpha value is -1.59. The molecule has 0 aliphatic rings. The van der Waals surface area contributed by atoms with Crippen LogP contribution in [0.15, 0.2) is 39.2 Å². The summed E-state index contributed by atoms with van der Waals surface area (Å²) in [5, 5.41) is 0. The van der Waals surface area contributed by atoms with Crippen molar-refractivity contribution in [3.8, 4) is 0 Å². The Labute approximate surface area is 119 Å². The number of carbonyl (C=O) groups excluding carboxylic acids is 1. The lowest BCUT2D eigenvalue weighted by molar-refractivity contribution is 0.0562. The highest BCUT2D eigenvalue weighted by Gasteiger charge is 2.17. The molecular formula is C14H14BrNO3. The Bertz CT molecular complexity index is 606. The number of nitrogens with two attached hydrogens (primary N) is 1. The molecule has 100 valence electrons. The number of carbonyl (C=O) groups is 1. The van der Waals surface area contributed by atoms with Gasteiger partial charge in [-0.05, 0) is 36.2 Å². The smallest absolute Gasteiger partial charge is 0.373 e. The standard InChI is InChI=1S/C14H14BrNO3/c1-8-7-9(3-4-10(8)15)13(16)11-5-6-12(19-11)14(17)18-2/h3-7,13H,16H2,1-2H3. The second-order valence-corrected chi connectivity index (χ2v) is 5.03. The first-order chi connectivity index (χ1) is 9.02. The van der Waals surface area contributed by atoms with Crippen LogP contribution in [0.2, 0.25) is 0 Å². The predicted octanol–water partition coefficient (Wildman–Crippen LogP) is 3.19. The average molecular weight is 324 g/mol. The van der Waals surface area contributed by atoms with Crippen LogP contribution in [0.1, 0.15) is 33.5 Å². The molecule has 2 aromatic rings. The molecule has 0 radical (unpaired) electrons. The van der Waals surface area contributed by atoms with Crippen molar-refractivity contribution >= 4 is 21.9 Å². The first-order valence-corrected chi connectivity index (χ1v) is 6.52. The number of methoxy groups -OCH3 is 1. The number of aryl methyl sites for hydroxylation is 1. The minimum atomic E-state index is -0.509. The number of halogens is 1. The lowest BCUT2D eigenvalue weighted by Gasteiger charge is -2.10. The van der Waals surface area contributed by atoms with Gasteiger partial charge in [-0.25, -0.2) is 4.79 Å². The van der Waals surface area contributed by atoms with Gasteiger partial charge in [-0.1, -0.05) is 28.1 Å². The maximum Gasteiger partial charge on any atom is 0.373 e. The van der Waals surface area contributed by atoms with Crippen molar-refractivity contribution in [2.75, 3.05) is 7.11 Å². The Morgan fingerprint density at radius 2 is 2.11 bits per heavy atom. The highest BCUT2D eigenvalue weighted by atomic mass is 79.9. The quantitative estimate of drug-likeness (QED) is 0.881. The van der Waals surface area contributed by atoms with Crippen molar-refractivity contribution in [3.05, 3.63) is 57.5 Å². The van der Waals surface area contributed by atoms with Crippen LogP contribution in [0.25, 0.3) is 0 Å². The highest BCUT2D eigenvalue weighted by molar-refractivity contribution is 9.10. The summed E-state index contributed by atoms with van der Waals surface area (Å²) in [5.74, 6) is 0.175. The Morgan fingerprint density at radius 3 is 2.74 bits per heavy atom. The summed E-state index contributed by atoms with van der Waals surface area (Å²) in [6.07, 6.45) is 0. The molecule has 2 rings (SSSR count). The van der Waals surface area contributed by atoms with Crippen molar-refractivity contribution in [1.82, 2.24) is 0 Å². The van der Waals surface area contributed by atoms with E-state index in [1.165, 1.54) is 7.11 Å². The van der Waals surface area contributed by atoms with Gasteiger partial charge in [0.1, 0.15) is 5.76 Å². The van der Waals surface area contributed by atoms with Gasteiger partial charge in [-0.3, -0.25) is 0 Å². The van der Waals surface area contributed by atoms with Crippen LogP contribution >= 0.6 is 15.9 Å². The number of hydrogen-bond acceptors (Lipinski definition) is 4. The van der Waals surface area contributed by atoms with Gasteiger partial charge in [0.2, 0.25) is 5.76 Å². The summed E-state index contributed by atoms with van der Waals surface area (Å²) < 4.78 is 11.0. The molecule has 1 atom stereocenters. The van der Waals surface area contributed by atoms with Crippen molar-refractivity contribution < 1.29 is 13.9 Å². The zero-order chi connectivity index (χ0) is 14.0. The molecular weight excluding hydrogens is 310 g/mol. The van der Waals surface area contributed by atoms with Gasteiger partial charge in [-0.2, -0.15) is 0 Å². The van der Waals surface area contributed by atoms with E-state index in [-0.39, 0.29) is 5.76 Å². The first kappa shape index (κ1) is 13.8. The van der Waals surface area contributed by atoms with Crippen LogP contribution in [-0.4, -0.2) is 13.1 Å². The fourth-order valence-corrected chi connectivity index (χ4v) is 2.00. The summed E-state index contributed by atoms with van der Waals surface area (Å²) in [6, 6.07) is 8.68. The lowest BCUT2D eigenvalue weighted by atomic mass is 10.0. The molecule has 1 unspecified atom stereocenters. The zero-order valence-electron chi connectivity index (χ0n) is 10.6. The van der Waals surface area contributed by atoms with Gasteiger partial charge in [-0.15, -0.1) is 0 Å². The van der Waals surface area contributed by atoms with Gasteiger partial charge in [0.25, 0.3) is 0 Å². The minimum absolute atomic E-state index is 0.154. The molecule has 1 aromatic heterocycles. The van der Waals surface area contributed by atoms with Gasteiger partial charge >= 0.3 is 5.97 Å². The number of furan rings is 1. The molecule has 5 heteroatoms. The summed E-state index contributed by atoms with van der Waals surface area (Å²) in [6.45, 7) is 1.99. The molecule has 0 aliphatic heterocycles. The van der Waals surface area contributed by atoms with Gasteiger partial charge < -0.3 is 14.9 Å². The second kappa shape index (κ2) is 5.59. The SMILES string of the molecule is COC(=O)c1ccc(C(N)c2ccc(Br)c(C)c2)o1. The van der Waals surface area contributed by atoms with Gasteiger partial charge in [0, 0.05) is 4.47 Å². The lowest BCUT2D eigenvalue weighted by Crippen LogP contribution is -2.11. The largest absolute Gasteiger partial charge is 0.463 e. The maximum absolute atomic E-state index is 11.3. The Kier molecular flexibility index (Phi) is 4.07. The van der Waals surface area contributed by atoms with E-state index in [4.69, 9.17) is 10.2 Å². The van der Waals surface area contributed by atoms with E-state index in [9.17, 15) is 4.79 Å². The third kappa shape index (κ3) is 2.88. The molecule has 0 fully saturated rings. The summed E-state index contributed by atoms with van der Waals surface area (Å²) in [5.41, 5.74) is 8.14. The van der Waals surface area contributed by atoms with Crippen LogP contribution < -0.4 is 5.73 Å². The molecule has 1 heterocycles. The molecule has 19 heavy (non-hydrogen) atoms. The molecule has 0 saturated heterocycles. The van der Waals surface area contributed by atoms with E-state index in [1.54, 1.807) is 12.1 Å². The van der Waals surface area contributed by atoms with Crippen LogP contribution in [0.5, 0.6) is 0 Å². The normalized spacial score (nSPS) is 12.2. The topological polar surface area (TPSA) is 65.5 Å². The number of benzene rings is 1. The van der Waals surface area contributed by atoms with E-state index in [0.717, 1.165) is 15.6 Å². The van der Waals surface area contributed by atoms with Gasteiger partial charge in [0.05, 0.1) is 13.2 Å². The number of esters is 1. The summed E-state index contributed by atoms with van der Waals surface area (Å²) in [4.78, 5) is 11.3. The van der Waals surface area contributed by atoms with Crippen molar-refractivity contribution in [1.29, 1.82) is 0 Å². The van der Waals surface area contributed by atoms with Crippen LogP contribution in [0.3, 0.4) is 0 Å². The molecule has 2 N–H and O–H groups in total. The van der Waals surface area contributed by atoms with E-state index in [0.29, 0.717) is 5.76 Å². The molecule has 0 saturated carbocycles. The third-order valence-corrected chi connectivity index (χ3v) is 3.75. The molecule has 0 aliphatic carbocycles. The predicted molar refractivity (Wildman–Crippen MR) is 75.0 cm³/mol. The van der Waals surface area contributed by atoms with Crippen LogP contribution in [-0.2, 0) is 4.74 Å². The second-order valence-electron chi connectivity index (χ2n) is 4.18. The summed E-state index contributed by atoms with van der Waals surface area (Å²) >= 11 is 3.44. The van der Waals surface area contributed by atoms with Crippen molar-refractivity contribution in [2.24, 2.45) is 5.73 Å². The van der Waals surface area contributed by atoms with Crippen LogP contribution in [0, 0.1) is 6.92 Å². The number of ether oxygens (including phenoxy) is 1. The summed E-state index contributed by atoms with van der Waals surface area (Å²) in [7, 11) is 1.31. The molecule has 1 aromatic carbocycles. The van der Waals surface area contributed by atoms with E-state index >= 15 is 0 Å². The monoisotopic (exact) mass is 323 g/mol. The number of hydrogen-bond donors (Lipinski definition) is 1. The molecule has 0 bridgehead atoms. The van der Waals surface area contributed by atoms with Crippen LogP contribution in [0.4, 0.5) is 0 Å². The molecule has 0 spiro atoms. The Morgan fingerprint density at radius 1 is 1.37 bits per heavy atom. The van der Waals surface area contributed by atoms with Crippen molar-refractivity contribution in [3.63, 3.8) is 0 Å². The molecule has 0 amide bonds. The first-order valence-electron chi connectivity index (χ1n) is 5.72. The van der Waals surface area contributed by atoms with Gasteiger partial charge in [0.15, 0.2) is 0 Å². The fraction of sp³-hybridized carbons (Fsp3) is 0.214. The van der Waals surface area contributed by atoms with E-state index in [2.05, 4.69) is 20.7 Å². The fourth-order valence-electron chi connectivity index (χ4n) is 1.76. The number of rotatable bonds is 3. The van der Waals surface area contributed by atoms with Crippen molar-refractivity contribution in [2.45, 2.75) is 13.0 Å². The average Bonchev–Trinajstić information content (AvgIpc) is 2.89. The zero-order valence-corrected chi connectivity index (χ0v) is 12.2. The highest BCUT2D eigenvalue weighted by Crippen LogP contribution is 2.25. The minimum Gasteiger partial charge on any atom is -0.463 e. The third-order valence-electron chi connectivity index (χ3n) is 2.86. The van der Waals surface area contributed by atoms with E-state index in [1.807, 2.05) is 25.1 Å². The maximum atomic E-state index is 11.3. The molecule has 4 nitrogen and oxygen atoms in total. The Balaban J connectivity index is 2.28. The van der Waals surface area contributed by atoms with E-state index < -0.39 is 12.0 Å².